The van der Waals surface area contributed by atoms with Gasteiger partial charge in [-0.25, -0.2) is 0 Å². The fraction of sp³-hybridized carbons (Fsp3) is 0.133. The second-order valence-electron chi connectivity index (χ2n) is 4.36. The van der Waals surface area contributed by atoms with Crippen LogP contribution in [0.1, 0.15) is 31.3 Å². The lowest BCUT2D eigenvalue weighted by atomic mass is 10.2. The summed E-state index contributed by atoms with van der Waals surface area (Å²) in [6, 6.07) is 5.13. The van der Waals surface area contributed by atoms with Crippen LogP contribution in [0, 0.1) is 11.8 Å². The Morgan fingerprint density at radius 1 is 1.29 bits per heavy atom. The summed E-state index contributed by atoms with van der Waals surface area (Å²) in [6.07, 6.45) is 1.51. The van der Waals surface area contributed by atoms with E-state index in [1.54, 1.807) is 12.1 Å². The van der Waals surface area contributed by atoms with E-state index in [9.17, 15) is 9.59 Å². The van der Waals surface area contributed by atoms with E-state index in [-0.39, 0.29) is 30.6 Å². The fourth-order valence-electron chi connectivity index (χ4n) is 2.12. The molecule has 2 aromatic heterocycles. The van der Waals surface area contributed by atoms with Crippen LogP contribution in [0.4, 0.5) is 0 Å². The number of amides is 2. The predicted molar refractivity (Wildman–Crippen MR) is 78.7 cm³/mol. The number of rotatable bonds is 2. The molecule has 1 aliphatic rings. The molecule has 2 amide bonds. The quantitative estimate of drug-likeness (QED) is 0.668. The Bertz CT molecular complexity index is 750. The van der Waals surface area contributed by atoms with Gasteiger partial charge in [-0.1, -0.05) is 11.8 Å². The van der Waals surface area contributed by atoms with Crippen LogP contribution < -0.4 is 5.73 Å². The summed E-state index contributed by atoms with van der Waals surface area (Å²) >= 11 is 1.46. The molecule has 0 spiro atoms. The van der Waals surface area contributed by atoms with Crippen molar-refractivity contribution < 1.29 is 9.59 Å². The van der Waals surface area contributed by atoms with Crippen molar-refractivity contribution in [2.45, 2.75) is 6.54 Å². The molecule has 0 saturated carbocycles. The van der Waals surface area contributed by atoms with Crippen LogP contribution in [0.25, 0.3) is 0 Å². The summed E-state index contributed by atoms with van der Waals surface area (Å²) in [5.74, 6) is 5.06. The molecule has 1 aliphatic heterocycles. The normalized spacial score (nSPS) is 13.1. The van der Waals surface area contributed by atoms with Gasteiger partial charge >= 0.3 is 0 Å². The maximum absolute atomic E-state index is 12.3. The molecule has 5 nitrogen and oxygen atoms in total. The fourth-order valence-corrected chi connectivity index (χ4v) is 2.94. The Hall–Kier alpha value is -2.49. The third kappa shape index (κ3) is 2.33. The van der Waals surface area contributed by atoms with Crippen molar-refractivity contribution in [3.63, 3.8) is 0 Å². The van der Waals surface area contributed by atoms with Gasteiger partial charge in [-0.2, -0.15) is 0 Å². The van der Waals surface area contributed by atoms with E-state index in [1.165, 1.54) is 22.4 Å². The van der Waals surface area contributed by atoms with E-state index >= 15 is 0 Å². The molecule has 6 heteroatoms. The van der Waals surface area contributed by atoms with Crippen LogP contribution in [0.2, 0.25) is 0 Å². The molecule has 2 N–H and O–H groups in total. The first kappa shape index (κ1) is 13.5. The Kier molecular flexibility index (Phi) is 3.52. The zero-order valence-corrected chi connectivity index (χ0v) is 11.8. The lowest BCUT2D eigenvalue weighted by molar-refractivity contribution is 0.0642. The van der Waals surface area contributed by atoms with Crippen molar-refractivity contribution in [2.75, 3.05) is 6.54 Å². The van der Waals surface area contributed by atoms with Crippen molar-refractivity contribution in [1.29, 1.82) is 0 Å². The molecular weight excluding hydrogens is 286 g/mol. The van der Waals surface area contributed by atoms with Gasteiger partial charge in [0, 0.05) is 16.6 Å². The van der Waals surface area contributed by atoms with E-state index in [0.717, 1.165) is 10.4 Å². The number of imide groups is 1. The largest absolute Gasteiger partial charge is 0.320 e. The Morgan fingerprint density at radius 3 is 2.90 bits per heavy atom. The summed E-state index contributed by atoms with van der Waals surface area (Å²) in [5, 5.41) is 1.88. The zero-order valence-electron chi connectivity index (χ0n) is 11.0. The molecule has 0 aromatic carbocycles. The van der Waals surface area contributed by atoms with Gasteiger partial charge < -0.3 is 5.73 Å². The van der Waals surface area contributed by atoms with Gasteiger partial charge in [0.25, 0.3) is 11.8 Å². The number of aromatic nitrogens is 1. The molecule has 3 heterocycles. The second kappa shape index (κ2) is 5.48. The van der Waals surface area contributed by atoms with Crippen molar-refractivity contribution in [1.82, 2.24) is 9.88 Å². The summed E-state index contributed by atoms with van der Waals surface area (Å²) in [5.41, 5.74) is 6.74. The molecule has 0 atom stereocenters. The number of hydrogen-bond donors (Lipinski definition) is 1. The number of hydrogen-bond acceptors (Lipinski definition) is 5. The SMILES string of the molecule is NCC#Cc1ccsc1CN1C(=O)c2cccnc2C1=O. The first-order valence-electron chi connectivity index (χ1n) is 6.29. The Morgan fingerprint density at radius 2 is 2.14 bits per heavy atom. The number of pyridine rings is 1. The molecule has 0 radical (unpaired) electrons. The van der Waals surface area contributed by atoms with E-state index < -0.39 is 0 Å². The van der Waals surface area contributed by atoms with Crippen molar-refractivity contribution in [3.8, 4) is 11.8 Å². The van der Waals surface area contributed by atoms with Crippen LogP contribution in [0.5, 0.6) is 0 Å². The van der Waals surface area contributed by atoms with Crippen LogP contribution in [0.3, 0.4) is 0 Å². The molecule has 104 valence electrons. The van der Waals surface area contributed by atoms with E-state index in [2.05, 4.69) is 16.8 Å². The minimum absolute atomic E-state index is 0.209. The maximum atomic E-state index is 12.3. The number of nitrogens with zero attached hydrogens (tertiary/aromatic N) is 2. The predicted octanol–water partition coefficient (Wildman–Crippen LogP) is 1.25. The van der Waals surface area contributed by atoms with E-state index in [1.807, 2.05) is 11.4 Å². The number of carbonyl (C=O) groups excluding carboxylic acids is 2. The standard InChI is InChI=1S/C15H11N3O2S/c16-6-1-3-10-5-8-21-12(10)9-18-14(19)11-4-2-7-17-13(11)15(18)20/h2,4-5,7-8H,6,9,16H2. The van der Waals surface area contributed by atoms with Gasteiger partial charge in [-0.05, 0) is 23.6 Å². The highest BCUT2D eigenvalue weighted by Crippen LogP contribution is 2.25. The number of fused-ring (bicyclic) bond motifs is 1. The summed E-state index contributed by atoms with van der Waals surface area (Å²) in [7, 11) is 0. The highest BCUT2D eigenvalue weighted by molar-refractivity contribution is 7.10. The average Bonchev–Trinajstić information content (AvgIpc) is 3.04. The lowest BCUT2D eigenvalue weighted by Crippen LogP contribution is -2.29. The van der Waals surface area contributed by atoms with Gasteiger partial charge in [0.1, 0.15) is 5.69 Å². The molecule has 21 heavy (non-hydrogen) atoms. The Labute approximate surface area is 125 Å². The number of thiophene rings is 1. The van der Waals surface area contributed by atoms with Gasteiger partial charge in [0.05, 0.1) is 18.7 Å². The van der Waals surface area contributed by atoms with E-state index in [4.69, 9.17) is 5.73 Å². The van der Waals surface area contributed by atoms with Crippen LogP contribution in [0.15, 0.2) is 29.8 Å². The van der Waals surface area contributed by atoms with Crippen molar-refractivity contribution in [2.24, 2.45) is 5.73 Å². The summed E-state index contributed by atoms with van der Waals surface area (Å²) in [6.45, 7) is 0.479. The lowest BCUT2D eigenvalue weighted by Gasteiger charge is -2.12. The smallest absolute Gasteiger partial charge is 0.280 e. The highest BCUT2D eigenvalue weighted by atomic mass is 32.1. The third-order valence-electron chi connectivity index (χ3n) is 3.10. The molecule has 0 fully saturated rings. The molecule has 0 bridgehead atoms. The van der Waals surface area contributed by atoms with Crippen LogP contribution in [-0.2, 0) is 6.54 Å². The van der Waals surface area contributed by atoms with Crippen molar-refractivity contribution >= 4 is 23.2 Å². The molecule has 2 aromatic rings. The van der Waals surface area contributed by atoms with Gasteiger partial charge in [-0.15, -0.1) is 11.3 Å². The number of carbonyl (C=O) groups is 2. The van der Waals surface area contributed by atoms with Gasteiger partial charge in [0.15, 0.2) is 0 Å². The maximum Gasteiger partial charge on any atom is 0.280 e. The van der Waals surface area contributed by atoms with Crippen molar-refractivity contribution in [3.05, 3.63) is 51.5 Å². The van der Waals surface area contributed by atoms with Crippen LogP contribution >= 0.6 is 11.3 Å². The first-order valence-corrected chi connectivity index (χ1v) is 7.17. The van der Waals surface area contributed by atoms with Gasteiger partial charge in [0.2, 0.25) is 0 Å². The topological polar surface area (TPSA) is 76.3 Å². The monoisotopic (exact) mass is 297 g/mol. The van der Waals surface area contributed by atoms with Gasteiger partial charge in [-0.3, -0.25) is 19.5 Å². The first-order chi connectivity index (χ1) is 10.2. The molecule has 0 aliphatic carbocycles. The molecule has 0 saturated heterocycles. The molecular formula is C15H11N3O2S. The molecule has 3 rings (SSSR count). The number of nitrogens with two attached hydrogens (primary N) is 1. The minimum Gasteiger partial charge on any atom is -0.320 e. The van der Waals surface area contributed by atoms with E-state index in [0.29, 0.717) is 5.56 Å². The summed E-state index contributed by atoms with van der Waals surface area (Å²) in [4.78, 5) is 30.6. The summed E-state index contributed by atoms with van der Waals surface area (Å²) < 4.78 is 0. The second-order valence-corrected chi connectivity index (χ2v) is 5.36. The highest BCUT2D eigenvalue weighted by Gasteiger charge is 2.36. The molecule has 0 unspecified atom stereocenters. The third-order valence-corrected chi connectivity index (χ3v) is 4.01. The van der Waals surface area contributed by atoms with Crippen LogP contribution in [-0.4, -0.2) is 28.2 Å². The average molecular weight is 297 g/mol. The zero-order chi connectivity index (χ0) is 14.8. The minimum atomic E-state index is -0.360. The Balaban J connectivity index is 1.89.